The number of likely N-dealkylation sites (tertiary alicyclic amines) is 1. The summed E-state index contributed by atoms with van der Waals surface area (Å²) in [6.07, 6.45) is -0.389. The first-order valence-electron chi connectivity index (χ1n) is 11.0. The molecule has 35 heavy (non-hydrogen) atoms. The van der Waals surface area contributed by atoms with Crippen LogP contribution in [0.2, 0.25) is 0 Å². The Morgan fingerprint density at radius 1 is 1.23 bits per heavy atom. The maximum atomic E-state index is 12.8. The van der Waals surface area contributed by atoms with E-state index < -0.39 is 52.4 Å². The van der Waals surface area contributed by atoms with Crippen LogP contribution in [-0.2, 0) is 33.4 Å². The summed E-state index contributed by atoms with van der Waals surface area (Å²) in [4.78, 5) is 62.6. The number of nitrogens with one attached hydrogen (secondary N) is 1. The van der Waals surface area contributed by atoms with Crippen LogP contribution in [0.4, 0.5) is 0 Å². The van der Waals surface area contributed by atoms with Gasteiger partial charge in [0, 0.05) is 12.8 Å². The number of carbonyl (C=O) groups excluding carboxylic acids is 5. The Bertz CT molecular complexity index is 983. The molecule has 3 rings (SSSR count). The molecular formula is C23H27ClN2O8S. The van der Waals surface area contributed by atoms with Crippen LogP contribution in [0, 0.1) is 0 Å². The zero-order valence-electron chi connectivity index (χ0n) is 19.5. The average Bonchev–Trinajstić information content (AvgIpc) is 3.24. The second-order valence-corrected chi connectivity index (χ2v) is 10.5. The van der Waals surface area contributed by atoms with E-state index in [4.69, 9.17) is 25.8 Å². The first kappa shape index (κ1) is 26.8. The van der Waals surface area contributed by atoms with E-state index in [1.54, 1.807) is 51.1 Å². The van der Waals surface area contributed by atoms with E-state index in [1.807, 2.05) is 0 Å². The van der Waals surface area contributed by atoms with Crippen molar-refractivity contribution < 1.29 is 38.2 Å². The van der Waals surface area contributed by atoms with Crippen LogP contribution in [0.25, 0.3) is 0 Å². The Kier molecular flexibility index (Phi) is 8.65. The topological polar surface area (TPSA) is 128 Å². The Hall–Kier alpha value is -2.79. The lowest BCUT2D eigenvalue weighted by Crippen LogP contribution is -2.72. The molecule has 2 saturated heterocycles. The fraction of sp³-hybridized carbons (Fsp3) is 0.522. The molecule has 1 aromatic rings. The number of halogens is 1. The van der Waals surface area contributed by atoms with E-state index in [9.17, 15) is 24.0 Å². The minimum atomic E-state index is -1.45. The highest BCUT2D eigenvalue weighted by atomic mass is 35.5. The van der Waals surface area contributed by atoms with Crippen LogP contribution in [0.5, 0.6) is 5.75 Å². The summed E-state index contributed by atoms with van der Waals surface area (Å²) in [6.45, 7) is 4.65. The van der Waals surface area contributed by atoms with E-state index in [0.717, 1.165) is 16.7 Å². The molecule has 10 nitrogen and oxygen atoms in total. The van der Waals surface area contributed by atoms with Crippen molar-refractivity contribution in [3.05, 3.63) is 30.3 Å². The zero-order chi connectivity index (χ0) is 25.8. The number of carbonyl (C=O) groups is 5. The Labute approximate surface area is 212 Å². The van der Waals surface area contributed by atoms with Crippen molar-refractivity contribution in [2.24, 2.45) is 0 Å². The molecule has 0 aromatic heterocycles. The average molecular weight is 527 g/mol. The van der Waals surface area contributed by atoms with Crippen LogP contribution in [0.15, 0.2) is 30.3 Å². The predicted octanol–water partition coefficient (Wildman–Crippen LogP) is 1.63. The molecule has 2 aliphatic rings. The van der Waals surface area contributed by atoms with Crippen molar-refractivity contribution in [1.29, 1.82) is 0 Å². The molecule has 0 aliphatic carbocycles. The summed E-state index contributed by atoms with van der Waals surface area (Å²) in [7, 11) is 0. The standard InChI is InChI=1S/C23H27ClN2O8S/c1-23(2,3)34-22(31)19(24)26-20(30)18(25-16(28)11-32-13-7-5-4-6-8-13)21(26)35-12-14(27)15-9-10-17(29)33-15/h4-8,15,18-19,21H,9-12H2,1-3H3,(H,25,28)/t15-,18?,19?,21?/m0/s1. The first-order chi connectivity index (χ1) is 16.5. The Morgan fingerprint density at radius 2 is 1.91 bits per heavy atom. The van der Waals surface area contributed by atoms with Gasteiger partial charge in [0.2, 0.25) is 5.50 Å². The van der Waals surface area contributed by atoms with Gasteiger partial charge in [-0.15, -0.1) is 11.8 Å². The fourth-order valence-electron chi connectivity index (χ4n) is 3.39. The third-order valence-electron chi connectivity index (χ3n) is 4.99. The van der Waals surface area contributed by atoms with Gasteiger partial charge in [-0.25, -0.2) is 4.79 Å². The van der Waals surface area contributed by atoms with Gasteiger partial charge in [-0.05, 0) is 32.9 Å². The minimum absolute atomic E-state index is 0.114. The predicted molar refractivity (Wildman–Crippen MR) is 127 cm³/mol. The monoisotopic (exact) mass is 526 g/mol. The maximum Gasteiger partial charge on any atom is 0.345 e. The van der Waals surface area contributed by atoms with Gasteiger partial charge in [-0.2, -0.15) is 0 Å². The van der Waals surface area contributed by atoms with Gasteiger partial charge < -0.3 is 19.5 Å². The van der Waals surface area contributed by atoms with Crippen molar-refractivity contribution in [2.75, 3.05) is 12.4 Å². The molecular weight excluding hydrogens is 500 g/mol. The fourth-order valence-corrected chi connectivity index (χ4v) is 5.01. The van der Waals surface area contributed by atoms with Crippen LogP contribution in [-0.4, -0.2) is 75.4 Å². The van der Waals surface area contributed by atoms with E-state index in [1.165, 1.54) is 0 Å². The summed E-state index contributed by atoms with van der Waals surface area (Å²) in [5, 5.41) is 1.76. The summed E-state index contributed by atoms with van der Waals surface area (Å²) >= 11 is 7.27. The van der Waals surface area contributed by atoms with E-state index in [0.29, 0.717) is 12.2 Å². The van der Waals surface area contributed by atoms with Crippen LogP contribution >= 0.6 is 23.4 Å². The third-order valence-corrected chi connectivity index (χ3v) is 6.68. The molecule has 2 fully saturated rings. The summed E-state index contributed by atoms with van der Waals surface area (Å²) in [5.74, 6) is -2.39. The van der Waals surface area contributed by atoms with Crippen molar-refractivity contribution >= 4 is 52.9 Å². The van der Waals surface area contributed by atoms with Crippen LogP contribution in [0.3, 0.4) is 0 Å². The second kappa shape index (κ2) is 11.3. The zero-order valence-corrected chi connectivity index (χ0v) is 21.1. The summed E-state index contributed by atoms with van der Waals surface area (Å²) in [5.41, 5.74) is -2.28. The normalized spacial score (nSPS) is 22.6. The number of nitrogens with zero attached hydrogens (tertiary/aromatic N) is 1. The number of ether oxygens (including phenoxy) is 3. The Balaban J connectivity index is 1.65. The van der Waals surface area contributed by atoms with Gasteiger partial charge in [0.05, 0.1) is 5.75 Å². The molecule has 190 valence electrons. The van der Waals surface area contributed by atoms with Crippen LogP contribution < -0.4 is 10.1 Å². The SMILES string of the molecule is CC(C)(C)OC(=O)C(Cl)N1C(=O)C(NC(=O)COc2ccccc2)C1SCC(=O)[C@@H]1CCC(=O)O1. The van der Waals surface area contributed by atoms with Crippen molar-refractivity contribution in [1.82, 2.24) is 10.2 Å². The van der Waals surface area contributed by atoms with Crippen LogP contribution in [0.1, 0.15) is 33.6 Å². The highest BCUT2D eigenvalue weighted by Crippen LogP contribution is 2.35. The molecule has 12 heteroatoms. The number of benzene rings is 1. The van der Waals surface area contributed by atoms with Gasteiger partial charge in [0.25, 0.3) is 11.8 Å². The third kappa shape index (κ3) is 7.11. The number of alkyl halides is 1. The lowest BCUT2D eigenvalue weighted by molar-refractivity contribution is -0.167. The van der Waals surface area contributed by atoms with Gasteiger partial charge in [0.15, 0.2) is 18.5 Å². The lowest BCUT2D eigenvalue weighted by atomic mass is 10.1. The molecule has 0 saturated carbocycles. The molecule has 1 N–H and O–H groups in total. The highest BCUT2D eigenvalue weighted by molar-refractivity contribution is 8.00. The number of rotatable bonds is 10. The summed E-state index contributed by atoms with van der Waals surface area (Å²) in [6, 6.07) is 7.64. The minimum Gasteiger partial charge on any atom is -0.484 e. The number of hydrogen-bond acceptors (Lipinski definition) is 9. The molecule has 2 amide bonds. The van der Waals surface area contributed by atoms with Gasteiger partial charge in [-0.1, -0.05) is 29.8 Å². The number of β-lactam (4-membered cyclic amide) rings is 1. The number of ketones is 1. The molecule has 0 radical (unpaired) electrons. The first-order valence-corrected chi connectivity index (χ1v) is 12.4. The lowest BCUT2D eigenvalue weighted by Gasteiger charge is -2.48. The van der Waals surface area contributed by atoms with E-state index >= 15 is 0 Å². The van der Waals surface area contributed by atoms with E-state index in [2.05, 4.69) is 5.32 Å². The molecule has 4 atom stereocenters. The maximum absolute atomic E-state index is 12.8. The highest BCUT2D eigenvalue weighted by Gasteiger charge is 2.54. The van der Waals surface area contributed by atoms with Gasteiger partial charge in [-0.3, -0.25) is 24.1 Å². The van der Waals surface area contributed by atoms with Crippen molar-refractivity contribution in [3.63, 3.8) is 0 Å². The number of Topliss-reactive ketones (excluding diaryl/α,β-unsaturated/α-hetero) is 1. The number of esters is 2. The van der Waals surface area contributed by atoms with E-state index in [-0.39, 0.29) is 24.6 Å². The number of thioether (sulfide) groups is 1. The quantitative estimate of drug-likeness (QED) is 0.209. The molecule has 0 bridgehead atoms. The van der Waals surface area contributed by atoms with Crippen molar-refractivity contribution in [3.8, 4) is 5.75 Å². The number of hydrogen-bond donors (Lipinski definition) is 1. The summed E-state index contributed by atoms with van der Waals surface area (Å²) < 4.78 is 15.7. The molecule has 0 spiro atoms. The number of cyclic esters (lactones) is 1. The second-order valence-electron chi connectivity index (χ2n) is 8.95. The molecule has 1 aromatic carbocycles. The molecule has 2 heterocycles. The van der Waals surface area contributed by atoms with Crippen molar-refractivity contribution in [2.45, 2.75) is 62.2 Å². The largest absolute Gasteiger partial charge is 0.484 e. The number of para-hydroxylation sites is 1. The van der Waals surface area contributed by atoms with Gasteiger partial charge in [0.1, 0.15) is 22.8 Å². The van der Waals surface area contributed by atoms with Gasteiger partial charge >= 0.3 is 11.9 Å². The molecule has 3 unspecified atom stereocenters. The number of amides is 2. The molecule has 2 aliphatic heterocycles. The Morgan fingerprint density at radius 3 is 2.51 bits per heavy atom. The smallest absolute Gasteiger partial charge is 0.345 e.